The third-order valence-corrected chi connectivity index (χ3v) is 2.19. The quantitative estimate of drug-likeness (QED) is 0.812. The Bertz CT molecular complexity index is 413. The van der Waals surface area contributed by atoms with Crippen LogP contribution in [0.25, 0.3) is 0 Å². The van der Waals surface area contributed by atoms with Crippen LogP contribution in [0, 0.1) is 17.5 Å². The van der Waals surface area contributed by atoms with E-state index in [2.05, 4.69) is 0 Å². The van der Waals surface area contributed by atoms with Crippen LogP contribution in [0.15, 0.2) is 6.07 Å². The summed E-state index contributed by atoms with van der Waals surface area (Å²) in [5, 5.41) is 7.77. The topological polar surface area (TPSA) is 63.3 Å². The van der Waals surface area contributed by atoms with Crippen LogP contribution in [0.3, 0.4) is 0 Å². The molecule has 0 fully saturated rings. The van der Waals surface area contributed by atoms with E-state index < -0.39 is 46.5 Å². The van der Waals surface area contributed by atoms with Crippen molar-refractivity contribution in [2.24, 2.45) is 5.73 Å². The predicted octanol–water partition coefficient (Wildman–Crippen LogP) is 2.23. The van der Waals surface area contributed by atoms with E-state index in [1.165, 1.54) is 0 Å². The van der Waals surface area contributed by atoms with E-state index in [-0.39, 0.29) is 0 Å². The molecule has 1 atom stereocenters. The minimum atomic E-state index is -1.52. The Hall–Kier alpha value is -1.27. The van der Waals surface area contributed by atoms with Gasteiger partial charge in [0.1, 0.15) is 5.82 Å². The SMILES string of the molecule is NC(CC(=O)O)c1c(F)c(F)cc(Cl)c1F. The number of carbonyl (C=O) groups is 1. The number of hydrogen-bond acceptors (Lipinski definition) is 2. The third-order valence-electron chi connectivity index (χ3n) is 1.91. The molecule has 0 aromatic heterocycles. The standard InChI is InChI=1S/C9H7ClF3NO2/c10-3-1-4(11)9(13)7(8(3)12)5(14)2-6(15)16/h1,5H,2,14H2,(H,15,16). The Morgan fingerprint density at radius 3 is 2.50 bits per heavy atom. The van der Waals surface area contributed by atoms with Crippen molar-refractivity contribution in [3.63, 3.8) is 0 Å². The van der Waals surface area contributed by atoms with Gasteiger partial charge in [-0.05, 0) is 6.07 Å². The number of rotatable bonds is 3. The average molecular weight is 254 g/mol. The highest BCUT2D eigenvalue weighted by molar-refractivity contribution is 6.30. The molecule has 3 N–H and O–H groups in total. The van der Waals surface area contributed by atoms with Gasteiger partial charge in [0.15, 0.2) is 11.6 Å². The van der Waals surface area contributed by atoms with Crippen molar-refractivity contribution in [1.82, 2.24) is 0 Å². The number of carboxylic acid groups (broad SMARTS) is 1. The first-order chi connectivity index (χ1) is 7.34. The first-order valence-electron chi connectivity index (χ1n) is 4.14. The van der Waals surface area contributed by atoms with Crippen LogP contribution in [0.1, 0.15) is 18.0 Å². The van der Waals surface area contributed by atoms with E-state index in [0.29, 0.717) is 6.07 Å². The number of benzene rings is 1. The normalized spacial score (nSPS) is 12.6. The zero-order valence-corrected chi connectivity index (χ0v) is 8.56. The summed E-state index contributed by atoms with van der Waals surface area (Å²) in [6.07, 6.45) is -0.729. The first-order valence-corrected chi connectivity index (χ1v) is 4.52. The smallest absolute Gasteiger partial charge is 0.305 e. The van der Waals surface area contributed by atoms with Crippen molar-refractivity contribution >= 4 is 17.6 Å². The summed E-state index contributed by atoms with van der Waals surface area (Å²) >= 11 is 5.29. The summed E-state index contributed by atoms with van der Waals surface area (Å²) in [5.41, 5.74) is 4.39. The van der Waals surface area contributed by atoms with Crippen molar-refractivity contribution in [1.29, 1.82) is 0 Å². The zero-order valence-electron chi connectivity index (χ0n) is 7.81. The lowest BCUT2D eigenvalue weighted by Gasteiger charge is -2.13. The van der Waals surface area contributed by atoms with Crippen molar-refractivity contribution < 1.29 is 23.1 Å². The van der Waals surface area contributed by atoms with Gasteiger partial charge in [0.2, 0.25) is 0 Å². The lowest BCUT2D eigenvalue weighted by molar-refractivity contribution is -0.137. The molecule has 16 heavy (non-hydrogen) atoms. The predicted molar refractivity (Wildman–Crippen MR) is 50.5 cm³/mol. The van der Waals surface area contributed by atoms with E-state index >= 15 is 0 Å². The molecule has 0 bridgehead atoms. The molecule has 1 aromatic carbocycles. The van der Waals surface area contributed by atoms with Crippen LogP contribution in [0.4, 0.5) is 13.2 Å². The van der Waals surface area contributed by atoms with E-state index in [1.54, 1.807) is 0 Å². The van der Waals surface area contributed by atoms with Gasteiger partial charge in [-0.15, -0.1) is 0 Å². The van der Waals surface area contributed by atoms with Crippen molar-refractivity contribution in [3.05, 3.63) is 34.1 Å². The lowest BCUT2D eigenvalue weighted by atomic mass is 10.0. The van der Waals surface area contributed by atoms with E-state index in [1.807, 2.05) is 0 Å². The molecule has 3 nitrogen and oxygen atoms in total. The molecule has 0 aliphatic heterocycles. The fourth-order valence-electron chi connectivity index (χ4n) is 1.21. The van der Waals surface area contributed by atoms with Crippen LogP contribution >= 0.6 is 11.6 Å². The van der Waals surface area contributed by atoms with Crippen LogP contribution in [-0.4, -0.2) is 11.1 Å². The summed E-state index contributed by atoms with van der Waals surface area (Å²) in [7, 11) is 0. The molecule has 0 spiro atoms. The number of carboxylic acids is 1. The fourth-order valence-corrected chi connectivity index (χ4v) is 1.40. The van der Waals surface area contributed by atoms with E-state index in [9.17, 15) is 18.0 Å². The Morgan fingerprint density at radius 1 is 1.44 bits per heavy atom. The van der Waals surface area contributed by atoms with Gasteiger partial charge in [-0.25, -0.2) is 13.2 Å². The largest absolute Gasteiger partial charge is 0.481 e. The Morgan fingerprint density at radius 2 is 2.00 bits per heavy atom. The van der Waals surface area contributed by atoms with Gasteiger partial charge in [-0.2, -0.15) is 0 Å². The number of aliphatic carboxylic acids is 1. The van der Waals surface area contributed by atoms with Gasteiger partial charge in [-0.1, -0.05) is 11.6 Å². The first kappa shape index (κ1) is 12.8. The molecule has 0 heterocycles. The van der Waals surface area contributed by atoms with Crippen molar-refractivity contribution in [2.45, 2.75) is 12.5 Å². The number of halogens is 4. The molecular formula is C9H7ClF3NO2. The second-order valence-corrected chi connectivity index (χ2v) is 3.49. The van der Waals surface area contributed by atoms with Gasteiger partial charge in [-0.3, -0.25) is 4.79 Å². The maximum atomic E-state index is 13.3. The summed E-state index contributed by atoms with van der Waals surface area (Å²) in [4.78, 5) is 10.3. The summed E-state index contributed by atoms with van der Waals surface area (Å²) in [6, 6.07) is -1.03. The molecule has 1 rings (SSSR count). The highest BCUT2D eigenvalue weighted by Gasteiger charge is 2.24. The Labute approximate surface area is 93.6 Å². The molecule has 88 valence electrons. The van der Waals surface area contributed by atoms with Gasteiger partial charge in [0.25, 0.3) is 0 Å². The minimum absolute atomic E-state index is 0.462. The van der Waals surface area contributed by atoms with Gasteiger partial charge < -0.3 is 10.8 Å². The molecule has 0 saturated carbocycles. The minimum Gasteiger partial charge on any atom is -0.481 e. The zero-order chi connectivity index (χ0) is 12.5. The molecule has 0 aliphatic carbocycles. The lowest BCUT2D eigenvalue weighted by Crippen LogP contribution is -2.19. The second-order valence-electron chi connectivity index (χ2n) is 3.09. The van der Waals surface area contributed by atoms with Crippen LogP contribution < -0.4 is 5.73 Å². The van der Waals surface area contributed by atoms with Crippen molar-refractivity contribution in [2.75, 3.05) is 0 Å². The fraction of sp³-hybridized carbons (Fsp3) is 0.222. The number of hydrogen-bond donors (Lipinski definition) is 2. The Balaban J connectivity index is 3.26. The molecule has 7 heteroatoms. The summed E-state index contributed by atoms with van der Waals surface area (Å²) in [5.74, 6) is -5.49. The molecule has 0 saturated heterocycles. The molecule has 0 radical (unpaired) electrons. The average Bonchev–Trinajstić information content (AvgIpc) is 2.14. The Kier molecular flexibility index (Phi) is 3.77. The van der Waals surface area contributed by atoms with Gasteiger partial charge >= 0.3 is 5.97 Å². The van der Waals surface area contributed by atoms with Gasteiger partial charge in [0, 0.05) is 11.6 Å². The molecular weight excluding hydrogens is 247 g/mol. The maximum Gasteiger partial charge on any atom is 0.305 e. The highest BCUT2D eigenvalue weighted by atomic mass is 35.5. The summed E-state index contributed by atoms with van der Waals surface area (Å²) in [6.45, 7) is 0. The second kappa shape index (κ2) is 4.71. The highest BCUT2D eigenvalue weighted by Crippen LogP contribution is 2.28. The van der Waals surface area contributed by atoms with Crippen molar-refractivity contribution in [3.8, 4) is 0 Å². The van der Waals surface area contributed by atoms with Crippen LogP contribution in [0.5, 0.6) is 0 Å². The maximum absolute atomic E-state index is 13.3. The van der Waals surface area contributed by atoms with E-state index in [4.69, 9.17) is 22.4 Å². The van der Waals surface area contributed by atoms with Crippen LogP contribution in [0.2, 0.25) is 5.02 Å². The molecule has 1 aromatic rings. The molecule has 0 aliphatic rings. The number of nitrogens with two attached hydrogens (primary N) is 1. The molecule has 1 unspecified atom stereocenters. The van der Waals surface area contributed by atoms with Gasteiger partial charge in [0.05, 0.1) is 11.4 Å². The third kappa shape index (κ3) is 2.45. The van der Waals surface area contributed by atoms with E-state index in [0.717, 1.165) is 0 Å². The molecule has 0 amide bonds. The monoisotopic (exact) mass is 253 g/mol. The van der Waals surface area contributed by atoms with Crippen LogP contribution in [-0.2, 0) is 4.79 Å². The summed E-state index contributed by atoms with van der Waals surface area (Å²) < 4.78 is 39.4.